The zero-order chi connectivity index (χ0) is 20.6. The fourth-order valence-electron chi connectivity index (χ4n) is 3.26. The van der Waals surface area contributed by atoms with Crippen LogP contribution in [-0.4, -0.2) is 55.3 Å². The smallest absolute Gasteiger partial charge is 0.308 e. The maximum Gasteiger partial charge on any atom is 0.308 e. The van der Waals surface area contributed by atoms with Crippen molar-refractivity contribution in [1.82, 2.24) is 4.90 Å². The number of carboxylic acid groups (broad SMARTS) is 1. The van der Waals surface area contributed by atoms with Crippen molar-refractivity contribution in [3.05, 3.63) is 54.1 Å². The van der Waals surface area contributed by atoms with Crippen molar-refractivity contribution in [3.63, 3.8) is 0 Å². The number of amides is 1. The zero-order valence-corrected chi connectivity index (χ0v) is 16.4. The summed E-state index contributed by atoms with van der Waals surface area (Å²) in [5, 5.41) is 9.06. The number of para-hydroxylation sites is 2. The van der Waals surface area contributed by atoms with Gasteiger partial charge in [-0.2, -0.15) is 0 Å². The lowest BCUT2D eigenvalue weighted by atomic mass is 10.1. The van der Waals surface area contributed by atoms with Crippen LogP contribution >= 0.6 is 0 Å². The summed E-state index contributed by atoms with van der Waals surface area (Å²) >= 11 is 0. The monoisotopic (exact) mass is 399 g/mol. The predicted octanol–water partition coefficient (Wildman–Crippen LogP) is 2.63. The van der Waals surface area contributed by atoms with E-state index in [1.54, 1.807) is 12.0 Å². The van der Waals surface area contributed by atoms with Gasteiger partial charge >= 0.3 is 5.97 Å². The number of carbonyl (C=O) groups excluding carboxylic acids is 1. The second-order valence-electron chi connectivity index (χ2n) is 6.82. The fourth-order valence-corrected chi connectivity index (χ4v) is 3.26. The molecule has 7 heteroatoms. The molecule has 0 aliphatic carbocycles. The van der Waals surface area contributed by atoms with Crippen molar-refractivity contribution >= 4 is 11.9 Å². The molecule has 7 nitrogen and oxygen atoms in total. The number of benzene rings is 2. The third-order valence-electron chi connectivity index (χ3n) is 4.81. The van der Waals surface area contributed by atoms with Gasteiger partial charge in [0.2, 0.25) is 5.91 Å². The fraction of sp³-hybridized carbons (Fsp3) is 0.364. The summed E-state index contributed by atoms with van der Waals surface area (Å²) in [6, 6.07) is 15.1. The molecule has 0 aromatic heterocycles. The normalized spacial score (nSPS) is 16.0. The van der Waals surface area contributed by atoms with Crippen LogP contribution in [0.4, 0.5) is 0 Å². The lowest BCUT2D eigenvalue weighted by molar-refractivity contribution is -0.141. The minimum absolute atomic E-state index is 0.0880. The maximum atomic E-state index is 11.9. The van der Waals surface area contributed by atoms with Crippen LogP contribution in [0.2, 0.25) is 0 Å². The van der Waals surface area contributed by atoms with Crippen LogP contribution in [0.25, 0.3) is 0 Å². The van der Waals surface area contributed by atoms with Gasteiger partial charge in [-0.3, -0.25) is 9.59 Å². The predicted molar refractivity (Wildman–Crippen MR) is 106 cm³/mol. The molecule has 2 aromatic carbocycles. The molecule has 3 rings (SSSR count). The first-order valence-corrected chi connectivity index (χ1v) is 9.55. The van der Waals surface area contributed by atoms with Crippen LogP contribution in [0.1, 0.15) is 12.0 Å². The number of likely N-dealkylation sites (tertiary alicyclic amines) is 1. The number of carbonyl (C=O) groups is 2. The van der Waals surface area contributed by atoms with Gasteiger partial charge in [0.05, 0.1) is 13.0 Å². The Morgan fingerprint density at radius 3 is 2.59 bits per heavy atom. The van der Waals surface area contributed by atoms with E-state index in [2.05, 4.69) is 0 Å². The quantitative estimate of drug-likeness (QED) is 0.618. The molecule has 0 spiro atoms. The van der Waals surface area contributed by atoms with Gasteiger partial charge in [-0.15, -0.1) is 0 Å². The summed E-state index contributed by atoms with van der Waals surface area (Å²) in [4.78, 5) is 24.6. The highest BCUT2D eigenvalue weighted by Crippen LogP contribution is 2.25. The van der Waals surface area contributed by atoms with Crippen molar-refractivity contribution in [2.75, 3.05) is 33.4 Å². The number of rotatable bonds is 10. The van der Waals surface area contributed by atoms with E-state index in [0.29, 0.717) is 37.7 Å². The zero-order valence-electron chi connectivity index (χ0n) is 16.4. The number of ether oxygens (including phenoxy) is 3. The van der Waals surface area contributed by atoms with Gasteiger partial charge in [-0.1, -0.05) is 24.3 Å². The summed E-state index contributed by atoms with van der Waals surface area (Å²) in [6.45, 7) is 1.55. The Bertz CT molecular complexity index is 853. The number of nitrogens with zero attached hydrogens (tertiary/aromatic N) is 1. The van der Waals surface area contributed by atoms with Gasteiger partial charge in [0.1, 0.15) is 19.0 Å². The van der Waals surface area contributed by atoms with Crippen molar-refractivity contribution in [3.8, 4) is 17.2 Å². The molecule has 1 unspecified atom stereocenters. The number of aliphatic carboxylic acids is 1. The Hall–Kier alpha value is -3.22. The lowest BCUT2D eigenvalue weighted by Gasteiger charge is -2.16. The highest BCUT2D eigenvalue weighted by Gasteiger charge is 2.33. The molecule has 1 aliphatic rings. The first-order valence-electron chi connectivity index (χ1n) is 9.55. The van der Waals surface area contributed by atoms with Crippen LogP contribution in [-0.2, 0) is 16.0 Å². The van der Waals surface area contributed by atoms with E-state index in [1.165, 1.54) is 0 Å². The Kier molecular flexibility index (Phi) is 6.94. The number of carboxylic acids is 1. The van der Waals surface area contributed by atoms with E-state index in [4.69, 9.17) is 19.3 Å². The van der Waals surface area contributed by atoms with E-state index in [-0.39, 0.29) is 18.9 Å². The summed E-state index contributed by atoms with van der Waals surface area (Å²) < 4.78 is 16.7. The van der Waals surface area contributed by atoms with E-state index in [9.17, 15) is 9.59 Å². The van der Waals surface area contributed by atoms with E-state index in [0.717, 1.165) is 11.3 Å². The highest BCUT2D eigenvalue weighted by molar-refractivity contribution is 5.86. The summed E-state index contributed by atoms with van der Waals surface area (Å²) in [7, 11) is 1.60. The molecule has 1 fully saturated rings. The van der Waals surface area contributed by atoms with E-state index < -0.39 is 11.9 Å². The molecule has 0 radical (unpaired) electrons. The molecule has 1 aliphatic heterocycles. The lowest BCUT2D eigenvalue weighted by Crippen LogP contribution is -2.28. The minimum atomic E-state index is -0.911. The van der Waals surface area contributed by atoms with Gasteiger partial charge in [-0.05, 0) is 36.2 Å². The molecule has 1 N–H and O–H groups in total. The molecule has 2 aromatic rings. The molecular weight excluding hydrogens is 374 g/mol. The second kappa shape index (κ2) is 9.82. The Morgan fingerprint density at radius 1 is 1.10 bits per heavy atom. The Morgan fingerprint density at radius 2 is 1.86 bits per heavy atom. The van der Waals surface area contributed by atoms with Crippen LogP contribution in [0.5, 0.6) is 17.2 Å². The van der Waals surface area contributed by atoms with Crippen molar-refractivity contribution in [2.24, 2.45) is 5.92 Å². The molecular formula is C22H25NO6. The van der Waals surface area contributed by atoms with Gasteiger partial charge in [0.25, 0.3) is 0 Å². The van der Waals surface area contributed by atoms with Crippen molar-refractivity contribution < 1.29 is 28.9 Å². The molecule has 29 heavy (non-hydrogen) atoms. The van der Waals surface area contributed by atoms with Crippen molar-refractivity contribution in [2.45, 2.75) is 12.8 Å². The molecule has 1 amide bonds. The molecule has 0 saturated carbocycles. The number of hydrogen-bond acceptors (Lipinski definition) is 5. The molecule has 1 atom stereocenters. The average Bonchev–Trinajstić information content (AvgIpc) is 3.11. The first kappa shape index (κ1) is 20.5. The minimum Gasteiger partial charge on any atom is -0.493 e. The highest BCUT2D eigenvalue weighted by atomic mass is 16.5. The molecule has 1 heterocycles. The molecule has 154 valence electrons. The van der Waals surface area contributed by atoms with Crippen LogP contribution in [0.3, 0.4) is 0 Å². The Balaban J connectivity index is 1.45. The van der Waals surface area contributed by atoms with Gasteiger partial charge in [-0.25, -0.2) is 0 Å². The van der Waals surface area contributed by atoms with Crippen LogP contribution in [0.15, 0.2) is 48.5 Å². The SMILES string of the molecule is COc1ccccc1OCCOc1cccc(CCN2CC(C(=O)O)CC2=O)c1. The third-order valence-corrected chi connectivity index (χ3v) is 4.81. The van der Waals surface area contributed by atoms with Crippen LogP contribution in [0, 0.1) is 5.92 Å². The first-order chi connectivity index (χ1) is 14.1. The van der Waals surface area contributed by atoms with Crippen molar-refractivity contribution in [1.29, 1.82) is 0 Å². The van der Waals surface area contributed by atoms with E-state index >= 15 is 0 Å². The maximum absolute atomic E-state index is 11.9. The largest absolute Gasteiger partial charge is 0.493 e. The summed E-state index contributed by atoms with van der Waals surface area (Å²) in [5.74, 6) is 0.464. The van der Waals surface area contributed by atoms with E-state index in [1.807, 2.05) is 48.5 Å². The van der Waals surface area contributed by atoms with Gasteiger partial charge < -0.3 is 24.2 Å². The number of hydrogen-bond donors (Lipinski definition) is 1. The molecule has 0 bridgehead atoms. The molecule has 1 saturated heterocycles. The second-order valence-corrected chi connectivity index (χ2v) is 6.82. The van der Waals surface area contributed by atoms with Crippen LogP contribution < -0.4 is 14.2 Å². The topological polar surface area (TPSA) is 85.3 Å². The number of methoxy groups -OCH3 is 1. The van der Waals surface area contributed by atoms with Gasteiger partial charge in [0.15, 0.2) is 11.5 Å². The Labute approximate surface area is 169 Å². The summed E-state index contributed by atoms with van der Waals surface area (Å²) in [6.07, 6.45) is 0.734. The third kappa shape index (κ3) is 5.63. The standard InChI is InChI=1S/C22H25NO6/c1-27-19-7-2-3-8-20(19)29-12-11-28-18-6-4-5-16(13-18)9-10-23-15-17(22(25)26)14-21(23)24/h2-8,13,17H,9-12,14-15H2,1H3,(H,25,26). The summed E-state index contributed by atoms with van der Waals surface area (Å²) in [5.41, 5.74) is 1.03. The van der Waals surface area contributed by atoms with Gasteiger partial charge in [0, 0.05) is 19.5 Å². The average molecular weight is 399 g/mol.